The van der Waals surface area contributed by atoms with Crippen LogP contribution in [-0.4, -0.2) is 29.0 Å². The second-order valence-electron chi connectivity index (χ2n) is 5.36. The minimum atomic E-state index is 0.533. The van der Waals surface area contributed by atoms with Crippen molar-refractivity contribution in [2.24, 2.45) is 5.73 Å². The van der Waals surface area contributed by atoms with E-state index in [9.17, 15) is 0 Å². The van der Waals surface area contributed by atoms with Crippen LogP contribution in [0.25, 0.3) is 10.9 Å². The molecule has 0 bridgehead atoms. The van der Waals surface area contributed by atoms with Crippen LogP contribution in [0, 0.1) is 0 Å². The molecule has 1 unspecified atom stereocenters. The van der Waals surface area contributed by atoms with Crippen molar-refractivity contribution in [2.45, 2.75) is 31.8 Å². The van der Waals surface area contributed by atoms with Crippen LogP contribution in [0.1, 0.15) is 24.8 Å². The minimum Gasteiger partial charge on any atom is -0.361 e. The quantitative estimate of drug-likeness (QED) is 0.905. The van der Waals surface area contributed by atoms with Crippen LogP contribution in [0.5, 0.6) is 0 Å². The van der Waals surface area contributed by atoms with Gasteiger partial charge in [-0.3, -0.25) is 4.90 Å². The van der Waals surface area contributed by atoms with Crippen LogP contribution in [0.2, 0.25) is 5.02 Å². The van der Waals surface area contributed by atoms with Crippen LogP contribution < -0.4 is 5.73 Å². The monoisotopic (exact) mass is 277 g/mol. The SMILES string of the molecule is NCC1CCCCN1Cc1c[nH]c2cc(Cl)ccc12. The molecule has 3 nitrogen and oxygen atoms in total. The van der Waals surface area contributed by atoms with Gasteiger partial charge in [0, 0.05) is 41.3 Å². The number of rotatable bonds is 3. The van der Waals surface area contributed by atoms with Gasteiger partial charge in [-0.1, -0.05) is 24.1 Å². The number of hydrogen-bond acceptors (Lipinski definition) is 2. The summed E-state index contributed by atoms with van der Waals surface area (Å²) in [6.07, 6.45) is 5.92. The minimum absolute atomic E-state index is 0.533. The maximum atomic E-state index is 6.02. The molecule has 0 amide bonds. The molecule has 0 saturated carbocycles. The molecule has 2 aromatic rings. The zero-order valence-corrected chi connectivity index (χ0v) is 11.8. The van der Waals surface area contributed by atoms with Crippen LogP contribution in [0.15, 0.2) is 24.4 Å². The molecule has 19 heavy (non-hydrogen) atoms. The van der Waals surface area contributed by atoms with Gasteiger partial charge in [0.2, 0.25) is 0 Å². The molecule has 1 aromatic carbocycles. The fourth-order valence-electron chi connectivity index (χ4n) is 3.04. The van der Waals surface area contributed by atoms with E-state index in [0.29, 0.717) is 6.04 Å². The first-order valence-electron chi connectivity index (χ1n) is 6.97. The number of H-pyrrole nitrogens is 1. The van der Waals surface area contributed by atoms with Crippen LogP contribution in [0.3, 0.4) is 0 Å². The summed E-state index contributed by atoms with van der Waals surface area (Å²) >= 11 is 6.02. The second kappa shape index (κ2) is 5.53. The van der Waals surface area contributed by atoms with E-state index in [1.165, 1.54) is 30.2 Å². The number of likely N-dealkylation sites (tertiary alicyclic amines) is 1. The number of nitrogens with two attached hydrogens (primary N) is 1. The van der Waals surface area contributed by atoms with Crippen molar-refractivity contribution in [3.05, 3.63) is 35.0 Å². The van der Waals surface area contributed by atoms with Crippen molar-refractivity contribution >= 4 is 22.5 Å². The van der Waals surface area contributed by atoms with Gasteiger partial charge in [0.05, 0.1) is 0 Å². The first-order chi connectivity index (χ1) is 9.28. The number of nitrogens with one attached hydrogen (secondary N) is 1. The summed E-state index contributed by atoms with van der Waals surface area (Å²) in [5, 5.41) is 2.05. The van der Waals surface area contributed by atoms with Gasteiger partial charge < -0.3 is 10.7 Å². The lowest BCUT2D eigenvalue weighted by Gasteiger charge is -2.34. The summed E-state index contributed by atoms with van der Waals surface area (Å²) in [4.78, 5) is 5.82. The van der Waals surface area contributed by atoms with Gasteiger partial charge in [-0.2, -0.15) is 0 Å². The molecule has 1 aliphatic heterocycles. The number of aromatic nitrogens is 1. The van der Waals surface area contributed by atoms with E-state index in [0.717, 1.165) is 30.2 Å². The summed E-state index contributed by atoms with van der Waals surface area (Å²) < 4.78 is 0. The highest BCUT2D eigenvalue weighted by atomic mass is 35.5. The molecular weight excluding hydrogens is 258 g/mol. The second-order valence-corrected chi connectivity index (χ2v) is 5.80. The van der Waals surface area contributed by atoms with Crippen LogP contribution in [0.4, 0.5) is 0 Å². The molecule has 4 heteroatoms. The zero-order chi connectivity index (χ0) is 13.2. The van der Waals surface area contributed by atoms with Crippen LogP contribution in [-0.2, 0) is 6.54 Å². The molecule has 0 aliphatic carbocycles. The van der Waals surface area contributed by atoms with E-state index in [4.69, 9.17) is 17.3 Å². The lowest BCUT2D eigenvalue weighted by Crippen LogP contribution is -2.43. The molecule has 0 radical (unpaired) electrons. The van der Waals surface area contributed by atoms with Gasteiger partial charge in [-0.05, 0) is 37.1 Å². The molecule has 1 saturated heterocycles. The molecule has 1 atom stereocenters. The molecule has 1 aliphatic rings. The van der Waals surface area contributed by atoms with Gasteiger partial charge in [0.25, 0.3) is 0 Å². The number of nitrogens with zero attached hydrogens (tertiary/aromatic N) is 1. The van der Waals surface area contributed by atoms with E-state index in [1.807, 2.05) is 12.1 Å². The Morgan fingerprint density at radius 1 is 1.37 bits per heavy atom. The first-order valence-corrected chi connectivity index (χ1v) is 7.35. The Morgan fingerprint density at radius 2 is 2.26 bits per heavy atom. The largest absolute Gasteiger partial charge is 0.361 e. The average molecular weight is 278 g/mol. The highest BCUT2D eigenvalue weighted by molar-refractivity contribution is 6.31. The van der Waals surface area contributed by atoms with Crippen molar-refractivity contribution in [3.63, 3.8) is 0 Å². The number of halogens is 1. The topological polar surface area (TPSA) is 45.0 Å². The van der Waals surface area contributed by atoms with E-state index >= 15 is 0 Å². The van der Waals surface area contributed by atoms with E-state index in [2.05, 4.69) is 22.1 Å². The third-order valence-electron chi connectivity index (χ3n) is 4.12. The molecule has 0 spiro atoms. The number of benzene rings is 1. The highest BCUT2D eigenvalue weighted by Crippen LogP contribution is 2.25. The van der Waals surface area contributed by atoms with E-state index < -0.39 is 0 Å². The predicted octanol–water partition coefficient (Wildman–Crippen LogP) is 3.13. The summed E-state index contributed by atoms with van der Waals surface area (Å²) in [5.74, 6) is 0. The maximum Gasteiger partial charge on any atom is 0.0472 e. The van der Waals surface area contributed by atoms with Crippen LogP contribution >= 0.6 is 11.6 Å². The van der Waals surface area contributed by atoms with Gasteiger partial charge in [-0.25, -0.2) is 0 Å². The third kappa shape index (κ3) is 2.64. The Balaban J connectivity index is 1.84. The van der Waals surface area contributed by atoms with Crippen molar-refractivity contribution in [1.82, 2.24) is 9.88 Å². The Morgan fingerprint density at radius 3 is 3.11 bits per heavy atom. The predicted molar refractivity (Wildman–Crippen MR) is 80.4 cm³/mol. The summed E-state index contributed by atoms with van der Waals surface area (Å²) in [5.41, 5.74) is 8.34. The normalized spacial score (nSPS) is 21.1. The third-order valence-corrected chi connectivity index (χ3v) is 4.36. The molecule has 3 rings (SSSR count). The Kier molecular flexibility index (Phi) is 3.78. The highest BCUT2D eigenvalue weighted by Gasteiger charge is 2.21. The number of piperidine rings is 1. The first kappa shape index (κ1) is 13.0. The average Bonchev–Trinajstić information content (AvgIpc) is 2.82. The van der Waals surface area contributed by atoms with E-state index in [-0.39, 0.29) is 0 Å². The van der Waals surface area contributed by atoms with Crippen molar-refractivity contribution < 1.29 is 0 Å². The van der Waals surface area contributed by atoms with Gasteiger partial charge in [0.15, 0.2) is 0 Å². The molecular formula is C15H20ClN3. The molecule has 102 valence electrons. The molecule has 2 heterocycles. The van der Waals surface area contributed by atoms with Crippen molar-refractivity contribution in [3.8, 4) is 0 Å². The van der Waals surface area contributed by atoms with Crippen molar-refractivity contribution in [2.75, 3.05) is 13.1 Å². The maximum absolute atomic E-state index is 6.02. The molecule has 1 aromatic heterocycles. The number of aromatic amines is 1. The summed E-state index contributed by atoms with van der Waals surface area (Å²) in [7, 11) is 0. The van der Waals surface area contributed by atoms with Gasteiger partial charge in [0.1, 0.15) is 0 Å². The molecule has 3 N–H and O–H groups in total. The summed E-state index contributed by atoms with van der Waals surface area (Å²) in [6, 6.07) is 6.57. The molecule has 1 fully saturated rings. The number of fused-ring (bicyclic) bond motifs is 1. The van der Waals surface area contributed by atoms with Gasteiger partial charge >= 0.3 is 0 Å². The fraction of sp³-hybridized carbons (Fsp3) is 0.467. The summed E-state index contributed by atoms with van der Waals surface area (Å²) in [6.45, 7) is 2.89. The lowest BCUT2D eigenvalue weighted by molar-refractivity contribution is 0.145. The fourth-order valence-corrected chi connectivity index (χ4v) is 3.22. The van der Waals surface area contributed by atoms with Crippen molar-refractivity contribution in [1.29, 1.82) is 0 Å². The van der Waals surface area contributed by atoms with Gasteiger partial charge in [-0.15, -0.1) is 0 Å². The zero-order valence-electron chi connectivity index (χ0n) is 11.0. The standard InChI is InChI=1S/C15H20ClN3/c16-12-4-5-14-11(9-18-15(14)7-12)10-19-6-2-1-3-13(19)8-17/h4-5,7,9,13,18H,1-3,6,8,10,17H2. The Labute approximate surface area is 118 Å². The van der Waals surface area contributed by atoms with E-state index in [1.54, 1.807) is 0 Å². The Bertz CT molecular complexity index is 564. The lowest BCUT2D eigenvalue weighted by atomic mass is 10.0. The number of hydrogen-bond donors (Lipinski definition) is 2. The smallest absolute Gasteiger partial charge is 0.0472 e. The Hall–Kier alpha value is -1.03.